The summed E-state index contributed by atoms with van der Waals surface area (Å²) in [4.78, 5) is 27.3. The van der Waals surface area contributed by atoms with Crippen molar-refractivity contribution in [1.29, 1.82) is 0 Å². The van der Waals surface area contributed by atoms with Crippen molar-refractivity contribution in [2.75, 3.05) is 0 Å². The lowest BCUT2D eigenvalue weighted by Gasteiger charge is -2.26. The maximum atomic E-state index is 14.6. The Morgan fingerprint density at radius 1 is 1.19 bits per heavy atom. The zero-order chi connectivity index (χ0) is 19.0. The standard InChI is InChI=1S/C20H14FNO4S/c21-14-7-2-1-6-13(14)17-16(18(23)15-8-4-10-27-15)19(24)20(25)22(17)11-12-5-3-9-26-12/h1-10,17,24H,11H2/t17-/m0/s1. The number of nitrogens with zero attached hydrogens (tertiary/aromatic N) is 1. The summed E-state index contributed by atoms with van der Waals surface area (Å²) in [6.07, 6.45) is 1.46. The molecule has 1 aromatic carbocycles. The van der Waals surface area contributed by atoms with Crippen molar-refractivity contribution < 1.29 is 23.5 Å². The first-order valence-corrected chi connectivity index (χ1v) is 9.05. The molecule has 0 saturated carbocycles. The number of Topliss-reactive ketones (excluding diaryl/α,β-unsaturated/α-hetero) is 1. The van der Waals surface area contributed by atoms with Crippen LogP contribution in [0.25, 0.3) is 0 Å². The first-order valence-electron chi connectivity index (χ1n) is 8.17. The van der Waals surface area contributed by atoms with Gasteiger partial charge < -0.3 is 14.4 Å². The van der Waals surface area contributed by atoms with E-state index < -0.39 is 29.3 Å². The average molecular weight is 383 g/mol. The van der Waals surface area contributed by atoms with Crippen LogP contribution in [0.3, 0.4) is 0 Å². The number of hydrogen-bond donors (Lipinski definition) is 1. The minimum Gasteiger partial charge on any atom is -0.503 e. The first kappa shape index (κ1) is 17.2. The minimum atomic E-state index is -1.04. The third kappa shape index (κ3) is 2.96. The molecule has 1 N–H and O–H groups in total. The topological polar surface area (TPSA) is 70.8 Å². The second-order valence-electron chi connectivity index (χ2n) is 6.01. The van der Waals surface area contributed by atoms with E-state index in [2.05, 4.69) is 0 Å². The fourth-order valence-electron chi connectivity index (χ4n) is 3.18. The Kier molecular flexibility index (Phi) is 4.37. The minimum absolute atomic E-state index is 0.00385. The van der Waals surface area contributed by atoms with Crippen LogP contribution in [0.4, 0.5) is 4.39 Å². The number of aliphatic hydroxyl groups excluding tert-OH is 1. The summed E-state index contributed by atoms with van der Waals surface area (Å²) in [5.41, 5.74) is 0.0143. The second-order valence-corrected chi connectivity index (χ2v) is 6.95. The van der Waals surface area contributed by atoms with Crippen LogP contribution in [0.2, 0.25) is 0 Å². The van der Waals surface area contributed by atoms with E-state index in [-0.39, 0.29) is 17.7 Å². The van der Waals surface area contributed by atoms with Crippen molar-refractivity contribution in [2.24, 2.45) is 0 Å². The number of aliphatic hydroxyl groups is 1. The zero-order valence-electron chi connectivity index (χ0n) is 14.0. The molecule has 1 aliphatic heterocycles. The van der Waals surface area contributed by atoms with Gasteiger partial charge in [0.1, 0.15) is 11.6 Å². The lowest BCUT2D eigenvalue weighted by molar-refractivity contribution is -0.130. The molecule has 136 valence electrons. The third-order valence-electron chi connectivity index (χ3n) is 4.40. The number of halogens is 1. The molecule has 7 heteroatoms. The summed E-state index contributed by atoms with van der Waals surface area (Å²) in [5.74, 6) is -1.99. The van der Waals surface area contributed by atoms with Crippen molar-refractivity contribution in [1.82, 2.24) is 4.90 Å². The Hall–Kier alpha value is -3.19. The van der Waals surface area contributed by atoms with Gasteiger partial charge in [-0.2, -0.15) is 0 Å². The van der Waals surface area contributed by atoms with Crippen LogP contribution in [-0.4, -0.2) is 21.7 Å². The molecule has 0 spiro atoms. The van der Waals surface area contributed by atoms with E-state index in [0.717, 1.165) is 0 Å². The van der Waals surface area contributed by atoms with Crippen LogP contribution in [0.5, 0.6) is 0 Å². The van der Waals surface area contributed by atoms with Crippen LogP contribution >= 0.6 is 11.3 Å². The molecule has 3 heterocycles. The smallest absolute Gasteiger partial charge is 0.290 e. The zero-order valence-corrected chi connectivity index (χ0v) is 14.8. The maximum Gasteiger partial charge on any atom is 0.290 e. The molecule has 0 fully saturated rings. The van der Waals surface area contributed by atoms with Crippen molar-refractivity contribution in [3.05, 3.63) is 93.5 Å². The van der Waals surface area contributed by atoms with E-state index in [4.69, 9.17) is 4.42 Å². The van der Waals surface area contributed by atoms with Gasteiger partial charge in [-0.3, -0.25) is 9.59 Å². The molecule has 0 aliphatic carbocycles. The average Bonchev–Trinajstić information content (AvgIpc) is 3.40. The SMILES string of the molecule is O=C(C1=C(O)C(=O)N(Cc2ccco2)[C@H]1c1ccccc1F)c1cccs1. The van der Waals surface area contributed by atoms with Crippen LogP contribution in [-0.2, 0) is 11.3 Å². The maximum absolute atomic E-state index is 14.6. The predicted molar refractivity (Wildman–Crippen MR) is 96.7 cm³/mol. The summed E-state index contributed by atoms with van der Waals surface area (Å²) < 4.78 is 19.8. The third-order valence-corrected chi connectivity index (χ3v) is 5.27. The van der Waals surface area contributed by atoms with Gasteiger partial charge in [-0.15, -0.1) is 11.3 Å². The molecule has 3 aromatic rings. The van der Waals surface area contributed by atoms with Gasteiger partial charge in [0, 0.05) is 5.56 Å². The molecule has 0 unspecified atom stereocenters. The fraction of sp³-hybridized carbons (Fsp3) is 0.100. The Balaban J connectivity index is 1.83. The van der Waals surface area contributed by atoms with Gasteiger partial charge in [-0.05, 0) is 29.6 Å². The van der Waals surface area contributed by atoms with Crippen molar-refractivity contribution in [2.45, 2.75) is 12.6 Å². The van der Waals surface area contributed by atoms with Gasteiger partial charge in [0.25, 0.3) is 5.91 Å². The summed E-state index contributed by atoms with van der Waals surface area (Å²) in [7, 11) is 0. The normalized spacial score (nSPS) is 17.0. The number of furan rings is 1. The van der Waals surface area contributed by atoms with Gasteiger partial charge in [0.15, 0.2) is 5.76 Å². The largest absolute Gasteiger partial charge is 0.503 e. The highest BCUT2D eigenvalue weighted by atomic mass is 32.1. The number of carbonyl (C=O) groups is 2. The molecule has 0 radical (unpaired) electrons. The number of benzene rings is 1. The molecule has 4 rings (SSSR count). The molecule has 0 bridgehead atoms. The van der Waals surface area contributed by atoms with Crippen LogP contribution in [0.1, 0.15) is 27.0 Å². The molecule has 1 aliphatic rings. The van der Waals surface area contributed by atoms with Gasteiger partial charge in [-0.25, -0.2) is 4.39 Å². The van der Waals surface area contributed by atoms with E-state index in [0.29, 0.717) is 10.6 Å². The second kappa shape index (κ2) is 6.85. The van der Waals surface area contributed by atoms with Crippen molar-refractivity contribution in [3.8, 4) is 0 Å². The Labute approximate surface area is 158 Å². The summed E-state index contributed by atoms with van der Waals surface area (Å²) in [5, 5.41) is 12.2. The fourth-order valence-corrected chi connectivity index (χ4v) is 3.86. The number of carbonyl (C=O) groups excluding carboxylic acids is 2. The van der Waals surface area contributed by atoms with E-state index in [1.165, 1.54) is 40.7 Å². The van der Waals surface area contributed by atoms with E-state index >= 15 is 0 Å². The van der Waals surface area contributed by atoms with Crippen LogP contribution in [0, 0.1) is 5.82 Å². The highest BCUT2D eigenvalue weighted by Gasteiger charge is 2.45. The molecular formula is C20H14FNO4S. The van der Waals surface area contributed by atoms with E-state index in [9.17, 15) is 19.1 Å². The lowest BCUT2D eigenvalue weighted by Crippen LogP contribution is -2.31. The monoisotopic (exact) mass is 383 g/mol. The van der Waals surface area contributed by atoms with Crippen molar-refractivity contribution >= 4 is 23.0 Å². The highest BCUT2D eigenvalue weighted by molar-refractivity contribution is 7.12. The summed E-state index contributed by atoms with van der Waals surface area (Å²) >= 11 is 1.19. The van der Waals surface area contributed by atoms with Crippen molar-refractivity contribution in [3.63, 3.8) is 0 Å². The van der Waals surface area contributed by atoms with E-state index in [1.54, 1.807) is 35.7 Å². The van der Waals surface area contributed by atoms with Gasteiger partial charge >= 0.3 is 0 Å². The number of ketones is 1. The Bertz CT molecular complexity index is 1020. The Morgan fingerprint density at radius 3 is 2.67 bits per heavy atom. The van der Waals surface area contributed by atoms with Gasteiger partial charge in [0.2, 0.25) is 5.78 Å². The number of thiophene rings is 1. The lowest BCUT2D eigenvalue weighted by atomic mass is 9.95. The van der Waals surface area contributed by atoms with Crippen LogP contribution in [0.15, 0.2) is 75.9 Å². The number of hydrogen-bond acceptors (Lipinski definition) is 5. The molecule has 1 atom stereocenters. The quantitative estimate of drug-likeness (QED) is 0.669. The number of rotatable bonds is 5. The molecule has 0 saturated heterocycles. The highest BCUT2D eigenvalue weighted by Crippen LogP contribution is 2.41. The molecule has 27 heavy (non-hydrogen) atoms. The predicted octanol–water partition coefficient (Wildman–Crippen LogP) is 4.26. The summed E-state index contributed by atoms with van der Waals surface area (Å²) in [6.45, 7) is -0.00385. The first-order chi connectivity index (χ1) is 13.1. The van der Waals surface area contributed by atoms with Crippen LogP contribution < -0.4 is 0 Å². The summed E-state index contributed by atoms with van der Waals surface area (Å²) in [6, 6.07) is 11.5. The number of amides is 1. The molecule has 2 aromatic heterocycles. The Morgan fingerprint density at radius 2 is 2.00 bits per heavy atom. The molecule has 1 amide bonds. The molecule has 5 nitrogen and oxygen atoms in total. The van der Waals surface area contributed by atoms with Gasteiger partial charge in [-0.1, -0.05) is 24.3 Å². The van der Waals surface area contributed by atoms with E-state index in [1.807, 2.05) is 0 Å². The van der Waals surface area contributed by atoms with Gasteiger partial charge in [0.05, 0.1) is 29.3 Å². The molecular weight excluding hydrogens is 369 g/mol.